The van der Waals surface area contributed by atoms with Crippen molar-refractivity contribution < 1.29 is 22.7 Å². The van der Waals surface area contributed by atoms with Crippen molar-refractivity contribution in [3.63, 3.8) is 0 Å². The number of carbonyl (C=O) groups is 1. The van der Waals surface area contributed by atoms with E-state index in [2.05, 4.69) is 15.0 Å². The third-order valence-electron chi connectivity index (χ3n) is 6.48. The van der Waals surface area contributed by atoms with E-state index in [0.29, 0.717) is 22.1 Å². The van der Waals surface area contributed by atoms with E-state index < -0.39 is 22.0 Å². The third kappa shape index (κ3) is 5.36. The predicted octanol–water partition coefficient (Wildman–Crippen LogP) is 4.22. The molecular weight excluding hydrogens is 550 g/mol. The molecule has 0 spiro atoms. The summed E-state index contributed by atoms with van der Waals surface area (Å²) in [6.07, 6.45) is 4.71. The van der Waals surface area contributed by atoms with Crippen molar-refractivity contribution in [1.29, 1.82) is 0 Å². The van der Waals surface area contributed by atoms with Gasteiger partial charge < -0.3 is 24.3 Å². The largest absolute Gasteiger partial charge is 0.495 e. The van der Waals surface area contributed by atoms with Gasteiger partial charge in [0, 0.05) is 29.5 Å². The van der Waals surface area contributed by atoms with Gasteiger partial charge in [-0.1, -0.05) is 12.1 Å². The van der Waals surface area contributed by atoms with Gasteiger partial charge in [0.15, 0.2) is 5.11 Å². The number of carbonyl (C=O) groups excluding carboxylic acids is 1. The van der Waals surface area contributed by atoms with Crippen molar-refractivity contribution in [1.82, 2.24) is 14.9 Å². The van der Waals surface area contributed by atoms with Crippen molar-refractivity contribution in [3.8, 4) is 11.4 Å². The van der Waals surface area contributed by atoms with Crippen LogP contribution < -0.4 is 19.7 Å². The van der Waals surface area contributed by atoms with Crippen molar-refractivity contribution in [2.45, 2.75) is 12.1 Å². The molecule has 4 aromatic rings. The Hall–Kier alpha value is -4.42. The maximum atomic E-state index is 12.2. The average molecular weight is 578 g/mol. The maximum absolute atomic E-state index is 12.2. The van der Waals surface area contributed by atoms with Gasteiger partial charge in [0.2, 0.25) is 10.0 Å². The smallest absolute Gasteiger partial charge is 0.337 e. The highest BCUT2D eigenvalue weighted by atomic mass is 32.2. The first-order valence-electron chi connectivity index (χ1n) is 12.2. The zero-order chi connectivity index (χ0) is 28.4. The minimum atomic E-state index is -3.58. The van der Waals surface area contributed by atoms with E-state index in [9.17, 15) is 13.2 Å². The zero-order valence-corrected chi connectivity index (χ0v) is 23.6. The number of sulfonamides is 1. The molecule has 3 heterocycles. The molecule has 10 nitrogen and oxygen atoms in total. The van der Waals surface area contributed by atoms with Crippen LogP contribution in [-0.2, 0) is 14.8 Å². The van der Waals surface area contributed by atoms with E-state index >= 15 is 0 Å². The van der Waals surface area contributed by atoms with E-state index in [-0.39, 0.29) is 11.7 Å². The highest BCUT2D eigenvalue weighted by Gasteiger charge is 2.42. The summed E-state index contributed by atoms with van der Waals surface area (Å²) < 4.78 is 39.0. The van der Waals surface area contributed by atoms with Crippen LogP contribution in [0.2, 0.25) is 0 Å². The van der Waals surface area contributed by atoms with Gasteiger partial charge in [0.05, 0.1) is 43.5 Å². The van der Waals surface area contributed by atoms with Crippen LogP contribution in [0.3, 0.4) is 0 Å². The SMILES string of the molecule is COC(=O)c1cccc(-n2cccc2[C@@H]2[C@H](c3ccccn3)NC(=S)N2c2ccc(OC)c(NS(C)(=O)=O)c2)c1. The normalized spacial score (nSPS) is 16.9. The predicted molar refractivity (Wildman–Crippen MR) is 157 cm³/mol. The second-order valence-corrected chi connectivity index (χ2v) is 11.2. The molecule has 0 unspecified atom stereocenters. The Kier molecular flexibility index (Phi) is 7.46. The van der Waals surface area contributed by atoms with E-state index in [1.807, 2.05) is 58.1 Å². The molecule has 0 aliphatic carbocycles. The molecule has 0 saturated carbocycles. The molecule has 2 aromatic heterocycles. The monoisotopic (exact) mass is 577 g/mol. The summed E-state index contributed by atoms with van der Waals surface area (Å²) in [4.78, 5) is 18.8. The number of pyridine rings is 1. The van der Waals surface area contributed by atoms with Crippen molar-refractivity contribution in [2.24, 2.45) is 0 Å². The molecule has 1 aliphatic rings. The lowest BCUT2D eigenvalue weighted by molar-refractivity contribution is 0.0600. The number of anilines is 2. The van der Waals surface area contributed by atoms with Crippen LogP contribution in [0.1, 0.15) is 33.8 Å². The van der Waals surface area contributed by atoms with Crippen LogP contribution in [0, 0.1) is 0 Å². The zero-order valence-electron chi connectivity index (χ0n) is 21.9. The standard InChI is InChI=1S/C28H27N5O5S2/c1-37-24-13-12-20(17-22(24)31-40(3,35)36)33-26(25(30-28(33)39)21-10-4-5-14-29-21)23-11-7-15-32(23)19-9-6-8-18(16-19)27(34)38-2/h4-17,25-26,31H,1-3H3,(H,30,39)/t25-,26+/m0/s1. The van der Waals surface area contributed by atoms with Crippen molar-refractivity contribution >= 4 is 44.7 Å². The number of nitrogens with zero attached hydrogens (tertiary/aromatic N) is 3. The molecule has 12 heteroatoms. The van der Waals surface area contributed by atoms with Gasteiger partial charge >= 0.3 is 5.97 Å². The quantitative estimate of drug-likeness (QED) is 0.235. The summed E-state index contributed by atoms with van der Waals surface area (Å²) in [6, 6.07) is 21.2. The summed E-state index contributed by atoms with van der Waals surface area (Å²) in [5.41, 5.74) is 3.74. The number of rotatable bonds is 8. The second kappa shape index (κ2) is 11.0. The maximum Gasteiger partial charge on any atom is 0.337 e. The van der Waals surface area contributed by atoms with Gasteiger partial charge in [-0.05, 0) is 72.9 Å². The lowest BCUT2D eigenvalue weighted by atomic mass is 10.0. The van der Waals surface area contributed by atoms with Crippen LogP contribution in [0.4, 0.5) is 11.4 Å². The second-order valence-electron chi connectivity index (χ2n) is 9.10. The molecule has 5 rings (SSSR count). The van der Waals surface area contributed by atoms with Crippen LogP contribution >= 0.6 is 12.2 Å². The number of methoxy groups -OCH3 is 2. The van der Waals surface area contributed by atoms with Crippen molar-refractivity contribution in [3.05, 3.63) is 102 Å². The molecule has 2 aromatic carbocycles. The van der Waals surface area contributed by atoms with Gasteiger partial charge in [-0.3, -0.25) is 9.71 Å². The highest BCUT2D eigenvalue weighted by molar-refractivity contribution is 7.92. The van der Waals surface area contributed by atoms with Gasteiger partial charge in [0.25, 0.3) is 0 Å². The minimum Gasteiger partial charge on any atom is -0.495 e. The van der Waals surface area contributed by atoms with Crippen LogP contribution in [-0.4, -0.2) is 49.5 Å². The Balaban J connectivity index is 1.66. The molecule has 206 valence electrons. The molecule has 0 amide bonds. The average Bonchev–Trinajstić information content (AvgIpc) is 3.56. The first-order valence-corrected chi connectivity index (χ1v) is 14.5. The lowest BCUT2D eigenvalue weighted by Crippen LogP contribution is -2.30. The Bertz CT molecular complexity index is 1670. The number of hydrogen-bond acceptors (Lipinski definition) is 7. The van der Waals surface area contributed by atoms with Gasteiger partial charge in [0.1, 0.15) is 11.8 Å². The Morgan fingerprint density at radius 3 is 2.55 bits per heavy atom. The fourth-order valence-corrected chi connectivity index (χ4v) is 5.73. The van der Waals surface area contributed by atoms with E-state index in [1.54, 1.807) is 36.5 Å². The summed E-state index contributed by atoms with van der Waals surface area (Å²) in [6.45, 7) is 0. The fraction of sp³-hybridized carbons (Fsp3) is 0.179. The summed E-state index contributed by atoms with van der Waals surface area (Å²) in [5.74, 6) is -0.0653. The Morgan fingerprint density at radius 1 is 1.02 bits per heavy atom. The summed E-state index contributed by atoms with van der Waals surface area (Å²) >= 11 is 5.84. The number of aromatic nitrogens is 2. The van der Waals surface area contributed by atoms with Crippen LogP contribution in [0.25, 0.3) is 5.69 Å². The first-order chi connectivity index (χ1) is 19.2. The van der Waals surface area contributed by atoms with E-state index in [1.165, 1.54) is 14.2 Å². The summed E-state index contributed by atoms with van der Waals surface area (Å²) in [7, 11) is -0.762. The Morgan fingerprint density at radius 2 is 1.85 bits per heavy atom. The molecule has 2 atom stereocenters. The minimum absolute atomic E-state index is 0.284. The van der Waals surface area contributed by atoms with Crippen LogP contribution in [0.15, 0.2) is 85.2 Å². The van der Waals surface area contributed by atoms with Gasteiger partial charge in [-0.25, -0.2) is 13.2 Å². The van der Waals surface area contributed by atoms with Gasteiger partial charge in [-0.2, -0.15) is 0 Å². The highest BCUT2D eigenvalue weighted by Crippen LogP contribution is 2.44. The number of nitrogens with one attached hydrogen (secondary N) is 2. The number of thiocarbonyl (C=S) groups is 1. The Labute approximate surface area is 237 Å². The molecule has 40 heavy (non-hydrogen) atoms. The molecular formula is C28H27N5O5S2. The molecule has 0 radical (unpaired) electrons. The number of hydrogen-bond donors (Lipinski definition) is 2. The van der Waals surface area contributed by atoms with E-state index in [4.69, 9.17) is 21.7 Å². The molecule has 1 aliphatic heterocycles. The number of ether oxygens (including phenoxy) is 2. The molecule has 2 N–H and O–H groups in total. The first kappa shape index (κ1) is 27.2. The fourth-order valence-electron chi connectivity index (χ4n) is 4.83. The third-order valence-corrected chi connectivity index (χ3v) is 7.39. The number of esters is 1. The molecule has 1 saturated heterocycles. The topological polar surface area (TPSA) is 115 Å². The molecule has 1 fully saturated rings. The van der Waals surface area contributed by atoms with Crippen molar-refractivity contribution in [2.75, 3.05) is 30.1 Å². The van der Waals surface area contributed by atoms with Crippen LogP contribution in [0.5, 0.6) is 5.75 Å². The molecule has 0 bridgehead atoms. The summed E-state index contributed by atoms with van der Waals surface area (Å²) in [5, 5.41) is 3.85. The number of benzene rings is 2. The lowest BCUT2D eigenvalue weighted by Gasteiger charge is -2.29. The van der Waals surface area contributed by atoms with Gasteiger partial charge in [-0.15, -0.1) is 0 Å². The van der Waals surface area contributed by atoms with E-state index in [0.717, 1.165) is 23.3 Å².